The summed E-state index contributed by atoms with van der Waals surface area (Å²) in [4.78, 5) is 16.8. The quantitative estimate of drug-likeness (QED) is 0.446. The van der Waals surface area contributed by atoms with Crippen LogP contribution < -0.4 is 9.47 Å². The summed E-state index contributed by atoms with van der Waals surface area (Å²) >= 11 is 0. The molecule has 0 fully saturated rings. The summed E-state index contributed by atoms with van der Waals surface area (Å²) in [7, 11) is 3.18. The molecule has 0 saturated heterocycles. The third kappa shape index (κ3) is 4.32. The van der Waals surface area contributed by atoms with E-state index >= 15 is 0 Å². The summed E-state index contributed by atoms with van der Waals surface area (Å²) in [6.07, 6.45) is 1.58. The number of Topliss-reactive ketones (excluding diaryl/α,β-unsaturated/α-hetero) is 1. The Balaban J connectivity index is 2.07. The lowest BCUT2D eigenvalue weighted by molar-refractivity contribution is 0.101. The monoisotopic (exact) mass is 313 g/mol. The molecule has 2 aromatic carbocycles. The average molecular weight is 313 g/mol. The fourth-order valence-electron chi connectivity index (χ4n) is 2.08. The standard InChI is InChI=1S/C18H19NO4/c1-13(20)14-8-9-18(22-3)16(10-14)12-23-19-11-15-6-4-5-7-17(15)21-2/h4-11H,12H2,1-3H3/b19-11-. The zero-order chi connectivity index (χ0) is 16.7. The average Bonchev–Trinajstić information content (AvgIpc) is 2.58. The fourth-order valence-corrected chi connectivity index (χ4v) is 2.08. The van der Waals surface area contributed by atoms with Crippen LogP contribution in [0.2, 0.25) is 0 Å². The van der Waals surface area contributed by atoms with Gasteiger partial charge in [0.15, 0.2) is 5.78 Å². The van der Waals surface area contributed by atoms with Crippen LogP contribution in [0.3, 0.4) is 0 Å². The second kappa shape index (κ2) is 7.98. The van der Waals surface area contributed by atoms with Gasteiger partial charge in [-0.25, -0.2) is 0 Å². The Hall–Kier alpha value is -2.82. The Morgan fingerprint density at radius 2 is 1.83 bits per heavy atom. The summed E-state index contributed by atoms with van der Waals surface area (Å²) < 4.78 is 10.5. The lowest BCUT2D eigenvalue weighted by Crippen LogP contribution is -1.99. The van der Waals surface area contributed by atoms with Gasteiger partial charge in [0.25, 0.3) is 0 Å². The molecule has 0 heterocycles. The number of benzene rings is 2. The van der Waals surface area contributed by atoms with E-state index < -0.39 is 0 Å². The van der Waals surface area contributed by atoms with Gasteiger partial charge in [0.05, 0.1) is 20.4 Å². The van der Waals surface area contributed by atoms with Crippen molar-refractivity contribution in [3.8, 4) is 11.5 Å². The molecule has 0 radical (unpaired) electrons. The van der Waals surface area contributed by atoms with Crippen molar-refractivity contribution in [1.29, 1.82) is 0 Å². The molecule has 0 aromatic heterocycles. The van der Waals surface area contributed by atoms with Crippen molar-refractivity contribution in [3.05, 3.63) is 59.2 Å². The molecule has 23 heavy (non-hydrogen) atoms. The largest absolute Gasteiger partial charge is 0.496 e. The maximum Gasteiger partial charge on any atom is 0.159 e. The molecule has 0 atom stereocenters. The molecule has 2 rings (SSSR count). The first-order valence-corrected chi connectivity index (χ1v) is 7.12. The first kappa shape index (κ1) is 16.5. The van der Waals surface area contributed by atoms with Crippen LogP contribution in [0.5, 0.6) is 11.5 Å². The number of methoxy groups -OCH3 is 2. The molecular formula is C18H19NO4. The van der Waals surface area contributed by atoms with Crippen LogP contribution in [0.25, 0.3) is 0 Å². The second-order valence-corrected chi connectivity index (χ2v) is 4.83. The molecule has 5 heteroatoms. The van der Waals surface area contributed by atoms with Crippen molar-refractivity contribution in [2.75, 3.05) is 14.2 Å². The van der Waals surface area contributed by atoms with Crippen LogP contribution in [0.4, 0.5) is 0 Å². The Morgan fingerprint density at radius 1 is 1.09 bits per heavy atom. The van der Waals surface area contributed by atoms with Gasteiger partial charge in [0.1, 0.15) is 18.1 Å². The molecule has 0 amide bonds. The molecule has 0 aliphatic heterocycles. The number of carbonyl (C=O) groups excluding carboxylic acids is 1. The van der Waals surface area contributed by atoms with Crippen molar-refractivity contribution >= 4 is 12.0 Å². The van der Waals surface area contributed by atoms with E-state index in [1.807, 2.05) is 24.3 Å². The van der Waals surface area contributed by atoms with Gasteiger partial charge in [-0.05, 0) is 37.3 Å². The van der Waals surface area contributed by atoms with E-state index in [4.69, 9.17) is 14.3 Å². The molecule has 2 aromatic rings. The Labute approximate surface area is 135 Å². The highest BCUT2D eigenvalue weighted by Crippen LogP contribution is 2.21. The van der Waals surface area contributed by atoms with Crippen LogP contribution in [-0.2, 0) is 11.4 Å². The molecule has 0 bridgehead atoms. The highest BCUT2D eigenvalue weighted by molar-refractivity contribution is 5.94. The van der Waals surface area contributed by atoms with Crippen molar-refractivity contribution < 1.29 is 19.1 Å². The summed E-state index contributed by atoms with van der Waals surface area (Å²) in [5, 5.41) is 3.95. The zero-order valence-electron chi connectivity index (χ0n) is 13.4. The normalized spacial score (nSPS) is 10.6. The van der Waals surface area contributed by atoms with E-state index in [0.717, 1.165) is 16.9 Å². The SMILES string of the molecule is COc1ccccc1/C=N\OCc1cc(C(C)=O)ccc1OC. The van der Waals surface area contributed by atoms with E-state index in [0.29, 0.717) is 11.3 Å². The van der Waals surface area contributed by atoms with Gasteiger partial charge in [-0.3, -0.25) is 4.79 Å². The van der Waals surface area contributed by atoms with Crippen molar-refractivity contribution in [3.63, 3.8) is 0 Å². The Kier molecular flexibility index (Phi) is 5.74. The Bertz CT molecular complexity index is 710. The molecule has 5 nitrogen and oxygen atoms in total. The number of rotatable bonds is 7. The number of hydrogen-bond acceptors (Lipinski definition) is 5. The van der Waals surface area contributed by atoms with Gasteiger partial charge in [0.2, 0.25) is 0 Å². The fraction of sp³-hybridized carbons (Fsp3) is 0.222. The summed E-state index contributed by atoms with van der Waals surface area (Å²) in [5.41, 5.74) is 2.19. The van der Waals surface area contributed by atoms with Crippen molar-refractivity contribution in [1.82, 2.24) is 0 Å². The summed E-state index contributed by atoms with van der Waals surface area (Å²) in [5.74, 6) is 1.37. The second-order valence-electron chi connectivity index (χ2n) is 4.83. The van der Waals surface area contributed by atoms with Gasteiger partial charge in [0, 0.05) is 16.7 Å². The molecule has 0 saturated carbocycles. The minimum Gasteiger partial charge on any atom is -0.496 e. The first-order valence-electron chi connectivity index (χ1n) is 7.12. The van der Waals surface area contributed by atoms with Gasteiger partial charge >= 0.3 is 0 Å². The van der Waals surface area contributed by atoms with Crippen LogP contribution in [0.15, 0.2) is 47.6 Å². The number of carbonyl (C=O) groups is 1. The van der Waals surface area contributed by atoms with Crippen molar-refractivity contribution in [2.24, 2.45) is 5.16 Å². The smallest absolute Gasteiger partial charge is 0.159 e. The number of oxime groups is 1. The lowest BCUT2D eigenvalue weighted by atomic mass is 10.1. The number of ether oxygens (including phenoxy) is 2. The predicted octanol–water partition coefficient (Wildman–Crippen LogP) is 3.46. The van der Waals surface area contributed by atoms with E-state index in [1.165, 1.54) is 6.92 Å². The number of para-hydroxylation sites is 1. The summed E-state index contributed by atoms with van der Waals surface area (Å²) in [6, 6.07) is 12.7. The van der Waals surface area contributed by atoms with Gasteiger partial charge < -0.3 is 14.3 Å². The molecule has 120 valence electrons. The van der Waals surface area contributed by atoms with Crippen LogP contribution in [0, 0.1) is 0 Å². The van der Waals surface area contributed by atoms with Crippen LogP contribution in [0.1, 0.15) is 28.4 Å². The zero-order valence-corrected chi connectivity index (χ0v) is 13.4. The summed E-state index contributed by atoms with van der Waals surface area (Å²) in [6.45, 7) is 1.72. The maximum absolute atomic E-state index is 11.5. The van der Waals surface area contributed by atoms with Crippen LogP contribution in [-0.4, -0.2) is 26.2 Å². The van der Waals surface area contributed by atoms with Crippen LogP contribution >= 0.6 is 0 Å². The van der Waals surface area contributed by atoms with E-state index in [9.17, 15) is 4.79 Å². The van der Waals surface area contributed by atoms with E-state index in [-0.39, 0.29) is 12.4 Å². The van der Waals surface area contributed by atoms with Gasteiger partial charge in [-0.1, -0.05) is 17.3 Å². The molecular weight excluding hydrogens is 294 g/mol. The highest BCUT2D eigenvalue weighted by Gasteiger charge is 2.07. The topological polar surface area (TPSA) is 57.1 Å². The van der Waals surface area contributed by atoms with Gasteiger partial charge in [-0.15, -0.1) is 0 Å². The molecule has 0 spiro atoms. The third-order valence-corrected chi connectivity index (χ3v) is 3.31. The number of hydrogen-bond donors (Lipinski definition) is 0. The molecule has 0 N–H and O–H groups in total. The van der Waals surface area contributed by atoms with Crippen molar-refractivity contribution in [2.45, 2.75) is 13.5 Å². The number of nitrogens with zero attached hydrogens (tertiary/aromatic N) is 1. The first-order chi connectivity index (χ1) is 11.2. The Morgan fingerprint density at radius 3 is 2.52 bits per heavy atom. The van der Waals surface area contributed by atoms with E-state index in [1.54, 1.807) is 38.6 Å². The predicted molar refractivity (Wildman–Crippen MR) is 88.4 cm³/mol. The van der Waals surface area contributed by atoms with Gasteiger partial charge in [-0.2, -0.15) is 0 Å². The molecule has 0 aliphatic carbocycles. The third-order valence-electron chi connectivity index (χ3n) is 3.31. The van der Waals surface area contributed by atoms with E-state index in [2.05, 4.69) is 5.16 Å². The maximum atomic E-state index is 11.5. The lowest BCUT2D eigenvalue weighted by Gasteiger charge is -2.09. The molecule has 0 aliphatic rings. The highest BCUT2D eigenvalue weighted by atomic mass is 16.6. The number of ketones is 1. The minimum atomic E-state index is -0.00794. The minimum absolute atomic E-state index is 0.00794. The molecule has 0 unspecified atom stereocenters.